The Hall–Kier alpha value is -3.17. The number of ether oxygens (including phenoxy) is 4. The average Bonchev–Trinajstić information content (AvgIpc) is 2.82. The van der Waals surface area contributed by atoms with E-state index >= 15 is 0 Å². The van der Waals surface area contributed by atoms with Crippen LogP contribution in [0.3, 0.4) is 0 Å². The van der Waals surface area contributed by atoms with Crippen molar-refractivity contribution in [3.63, 3.8) is 0 Å². The molecule has 0 spiro atoms. The number of amides is 1. The van der Waals surface area contributed by atoms with Crippen molar-refractivity contribution in [3.8, 4) is 5.75 Å². The van der Waals surface area contributed by atoms with Crippen molar-refractivity contribution >= 4 is 12.1 Å². The molecule has 0 saturated heterocycles. The number of fused-ring (bicyclic) bond motifs is 2. The highest BCUT2D eigenvalue weighted by Crippen LogP contribution is 2.22. The molecule has 1 atom stereocenters. The van der Waals surface area contributed by atoms with Crippen LogP contribution in [0.4, 0.5) is 4.79 Å². The molecule has 0 fully saturated rings. The summed E-state index contributed by atoms with van der Waals surface area (Å²) in [5.41, 5.74) is 2.56. The molecule has 3 rings (SSSR count). The van der Waals surface area contributed by atoms with Crippen LogP contribution < -0.4 is 15.6 Å². The third kappa shape index (κ3) is 2.85. The fraction of sp³-hybridized carbons (Fsp3) is 0.357. The molecule has 10 heteroatoms. The number of aromatic nitrogens is 1. The molecule has 3 heterocycles. The highest BCUT2D eigenvalue weighted by Gasteiger charge is 2.34. The van der Waals surface area contributed by atoms with Crippen molar-refractivity contribution in [2.45, 2.75) is 6.17 Å². The third-order valence-electron chi connectivity index (χ3n) is 3.48. The summed E-state index contributed by atoms with van der Waals surface area (Å²) < 4.78 is 20.7. The smallest absolute Gasteiger partial charge is 0.500 e. The van der Waals surface area contributed by atoms with Gasteiger partial charge in [0.25, 0.3) is 5.91 Å². The lowest BCUT2D eigenvalue weighted by atomic mass is 10.2. The van der Waals surface area contributed by atoms with Crippen LogP contribution in [0, 0.1) is 0 Å². The third-order valence-corrected chi connectivity index (χ3v) is 3.48. The molecule has 1 aromatic heterocycles. The maximum Gasteiger partial charge on any atom is 0.510 e. The lowest BCUT2D eigenvalue weighted by Crippen LogP contribution is -2.53. The lowest BCUT2D eigenvalue weighted by Gasteiger charge is -2.36. The Morgan fingerprint density at radius 3 is 3.08 bits per heavy atom. The van der Waals surface area contributed by atoms with Crippen LogP contribution in [-0.4, -0.2) is 54.9 Å². The molecule has 2 aliphatic rings. The first kappa shape index (κ1) is 15.7. The van der Waals surface area contributed by atoms with E-state index in [1.165, 1.54) is 28.1 Å². The number of methoxy groups -OCH3 is 1. The van der Waals surface area contributed by atoms with Crippen molar-refractivity contribution in [2.24, 2.45) is 0 Å². The van der Waals surface area contributed by atoms with Gasteiger partial charge in [-0.15, -0.1) is 0 Å². The minimum absolute atomic E-state index is 0.0162. The van der Waals surface area contributed by atoms with Crippen LogP contribution in [0.15, 0.2) is 29.4 Å². The summed E-state index contributed by atoms with van der Waals surface area (Å²) in [7, 11) is 1.14. The Morgan fingerprint density at radius 1 is 1.46 bits per heavy atom. The minimum Gasteiger partial charge on any atom is -0.500 e. The Morgan fingerprint density at radius 2 is 2.29 bits per heavy atom. The second-order valence-electron chi connectivity index (χ2n) is 4.86. The summed E-state index contributed by atoms with van der Waals surface area (Å²) in [4.78, 5) is 37.3. The standard InChI is InChI=1S/C14H15N3O7/c1-21-14(20)24-8-23-12-9(18)2-4-17-11(12)13(19)16-5-7-22-6-3-10(16)15-17/h2-4,6,10,15H,5,7-8H2,1H3. The van der Waals surface area contributed by atoms with Gasteiger partial charge in [-0.3, -0.25) is 19.7 Å². The molecule has 10 nitrogen and oxygen atoms in total. The quantitative estimate of drug-likeness (QED) is 0.598. The molecule has 2 aliphatic heterocycles. The largest absolute Gasteiger partial charge is 0.510 e. The van der Waals surface area contributed by atoms with Gasteiger partial charge < -0.3 is 23.8 Å². The molecule has 128 valence electrons. The van der Waals surface area contributed by atoms with Crippen LogP contribution in [-0.2, 0) is 14.2 Å². The number of hydrogen-bond acceptors (Lipinski definition) is 8. The normalized spacial score (nSPS) is 18.5. The van der Waals surface area contributed by atoms with E-state index in [0.29, 0.717) is 13.2 Å². The van der Waals surface area contributed by atoms with Crippen molar-refractivity contribution < 1.29 is 28.5 Å². The van der Waals surface area contributed by atoms with Crippen LogP contribution in [0.5, 0.6) is 5.75 Å². The Balaban J connectivity index is 1.90. The number of hydrogen-bond donors (Lipinski definition) is 1. The molecular weight excluding hydrogens is 322 g/mol. The van der Waals surface area contributed by atoms with Gasteiger partial charge in [0.05, 0.1) is 19.9 Å². The van der Waals surface area contributed by atoms with Gasteiger partial charge in [-0.1, -0.05) is 0 Å². The number of nitrogens with one attached hydrogen (secondary N) is 1. The van der Waals surface area contributed by atoms with E-state index in [2.05, 4.69) is 14.9 Å². The molecule has 1 unspecified atom stereocenters. The molecule has 0 aromatic carbocycles. The van der Waals surface area contributed by atoms with Gasteiger partial charge in [0.1, 0.15) is 12.8 Å². The molecule has 0 bridgehead atoms. The summed E-state index contributed by atoms with van der Waals surface area (Å²) >= 11 is 0. The van der Waals surface area contributed by atoms with Crippen LogP contribution in [0.25, 0.3) is 0 Å². The van der Waals surface area contributed by atoms with Gasteiger partial charge in [0.15, 0.2) is 5.69 Å². The van der Waals surface area contributed by atoms with Crippen LogP contribution in [0.2, 0.25) is 0 Å². The number of carbonyl (C=O) groups excluding carboxylic acids is 2. The Labute approximate surface area is 136 Å². The maximum atomic E-state index is 12.8. The van der Waals surface area contributed by atoms with E-state index in [-0.39, 0.29) is 11.4 Å². The number of nitrogens with zero attached hydrogens (tertiary/aromatic N) is 2. The second kappa shape index (κ2) is 6.52. The Bertz CT molecular complexity index is 742. The van der Waals surface area contributed by atoms with Crippen LogP contribution >= 0.6 is 0 Å². The van der Waals surface area contributed by atoms with Crippen molar-refractivity contribution in [2.75, 3.05) is 32.5 Å². The topological polar surface area (TPSA) is 108 Å². The van der Waals surface area contributed by atoms with E-state index in [1.807, 2.05) is 0 Å². The van der Waals surface area contributed by atoms with E-state index in [9.17, 15) is 14.4 Å². The van der Waals surface area contributed by atoms with Gasteiger partial charge >= 0.3 is 6.16 Å². The van der Waals surface area contributed by atoms with E-state index in [0.717, 1.165) is 7.11 Å². The van der Waals surface area contributed by atoms with Gasteiger partial charge in [-0.25, -0.2) is 4.79 Å². The fourth-order valence-electron chi connectivity index (χ4n) is 2.37. The zero-order chi connectivity index (χ0) is 17.1. The molecular formula is C14H15N3O7. The summed E-state index contributed by atoms with van der Waals surface area (Å²) in [6.07, 6.45) is 3.27. The molecule has 1 aromatic rings. The summed E-state index contributed by atoms with van der Waals surface area (Å²) in [5, 5.41) is 0. The van der Waals surface area contributed by atoms with Crippen molar-refractivity contribution in [1.29, 1.82) is 0 Å². The molecule has 1 amide bonds. The zero-order valence-electron chi connectivity index (χ0n) is 12.8. The molecule has 0 aliphatic carbocycles. The van der Waals surface area contributed by atoms with E-state index in [4.69, 9.17) is 9.47 Å². The van der Waals surface area contributed by atoms with Crippen LogP contribution in [0.1, 0.15) is 10.5 Å². The van der Waals surface area contributed by atoms with E-state index < -0.39 is 30.5 Å². The highest BCUT2D eigenvalue weighted by atomic mass is 16.8. The maximum absolute atomic E-state index is 12.8. The summed E-state index contributed by atoms with van der Waals surface area (Å²) in [5.74, 6) is -0.619. The SMILES string of the molecule is COC(=O)OCOc1c2n(ccc1=O)NC1C=COCCN1C2=O. The first-order chi connectivity index (χ1) is 11.6. The van der Waals surface area contributed by atoms with Crippen molar-refractivity contribution in [1.82, 2.24) is 9.58 Å². The number of carbonyl (C=O) groups is 2. The predicted molar refractivity (Wildman–Crippen MR) is 79.0 cm³/mol. The summed E-state index contributed by atoms with van der Waals surface area (Å²) in [6, 6.07) is 1.24. The monoisotopic (exact) mass is 337 g/mol. The molecule has 24 heavy (non-hydrogen) atoms. The lowest BCUT2D eigenvalue weighted by molar-refractivity contribution is 0.0135. The molecule has 0 radical (unpaired) electrons. The first-order valence-electron chi connectivity index (χ1n) is 7.07. The second-order valence-corrected chi connectivity index (χ2v) is 4.86. The first-order valence-corrected chi connectivity index (χ1v) is 7.07. The predicted octanol–water partition coefficient (Wildman–Crippen LogP) is -0.163. The number of rotatable bonds is 3. The molecule has 1 N–H and O–H groups in total. The van der Waals surface area contributed by atoms with Gasteiger partial charge in [-0.05, 0) is 6.08 Å². The van der Waals surface area contributed by atoms with Crippen molar-refractivity contribution in [3.05, 3.63) is 40.5 Å². The van der Waals surface area contributed by atoms with Gasteiger partial charge in [-0.2, -0.15) is 0 Å². The average molecular weight is 337 g/mol. The summed E-state index contributed by atoms with van der Waals surface area (Å²) in [6.45, 7) is 0.114. The number of pyridine rings is 1. The Kier molecular flexibility index (Phi) is 4.27. The molecule has 0 saturated carbocycles. The van der Waals surface area contributed by atoms with Gasteiger partial charge in [0.2, 0.25) is 18.0 Å². The fourth-order valence-corrected chi connectivity index (χ4v) is 2.37. The highest BCUT2D eigenvalue weighted by molar-refractivity contribution is 5.96. The minimum atomic E-state index is -0.959. The van der Waals surface area contributed by atoms with Gasteiger partial charge in [0, 0.05) is 12.3 Å². The van der Waals surface area contributed by atoms with E-state index in [1.54, 1.807) is 6.08 Å². The zero-order valence-corrected chi connectivity index (χ0v) is 12.8.